The Labute approximate surface area is 55.2 Å². The van der Waals surface area contributed by atoms with E-state index in [1.54, 1.807) is 6.92 Å². The summed E-state index contributed by atoms with van der Waals surface area (Å²) in [6.45, 7) is 2.12. The van der Waals surface area contributed by atoms with Gasteiger partial charge in [-0.15, -0.1) is 0 Å². The summed E-state index contributed by atoms with van der Waals surface area (Å²) in [7, 11) is 1.53. The van der Waals surface area contributed by atoms with Gasteiger partial charge in [-0.3, -0.25) is 4.79 Å². The van der Waals surface area contributed by atoms with Crippen molar-refractivity contribution in [2.24, 2.45) is 5.73 Å². The number of carbonyl (C=O) groups is 1. The molecule has 0 saturated heterocycles. The van der Waals surface area contributed by atoms with Gasteiger partial charge in [0, 0.05) is 13.5 Å². The summed E-state index contributed by atoms with van der Waals surface area (Å²) < 4.78 is 4.68. The lowest BCUT2D eigenvalue weighted by atomic mass is 10.2. The number of carbonyl (C=O) groups excluding carboxylic acids is 1. The Hall–Kier alpha value is -0.410. The monoisotopic (exact) mass is 131 g/mol. The molecule has 3 heteroatoms. The van der Waals surface area contributed by atoms with Crippen LogP contribution in [-0.2, 0) is 9.53 Å². The van der Waals surface area contributed by atoms with E-state index in [0.717, 1.165) is 0 Å². The minimum absolute atomic E-state index is 0.0526. The quantitative estimate of drug-likeness (QED) is 0.581. The minimum Gasteiger partial charge on any atom is -0.383 e. The van der Waals surface area contributed by atoms with Crippen LogP contribution in [0.4, 0.5) is 0 Å². The van der Waals surface area contributed by atoms with Crippen molar-refractivity contribution < 1.29 is 9.53 Å². The molecule has 0 bridgehead atoms. The van der Waals surface area contributed by atoms with Crippen LogP contribution in [0.3, 0.4) is 0 Å². The molecular weight excluding hydrogens is 118 g/mol. The first-order valence-corrected chi connectivity index (χ1v) is 2.99. The van der Waals surface area contributed by atoms with Crippen molar-refractivity contribution in [3.63, 3.8) is 0 Å². The van der Waals surface area contributed by atoms with E-state index in [-0.39, 0.29) is 5.78 Å². The maximum atomic E-state index is 10.7. The Morgan fingerprint density at radius 3 is 2.67 bits per heavy atom. The zero-order valence-corrected chi connectivity index (χ0v) is 5.89. The molecule has 0 aromatic rings. The van der Waals surface area contributed by atoms with Crippen LogP contribution in [0.5, 0.6) is 0 Å². The fraction of sp³-hybridized carbons (Fsp3) is 0.833. The Balaban J connectivity index is 3.45. The summed E-state index contributed by atoms with van der Waals surface area (Å²) in [5, 5.41) is 0. The van der Waals surface area contributed by atoms with Gasteiger partial charge in [-0.1, -0.05) is 6.92 Å². The molecule has 1 unspecified atom stereocenters. The van der Waals surface area contributed by atoms with Crippen molar-refractivity contribution in [3.8, 4) is 0 Å². The molecule has 54 valence electrons. The molecule has 0 fully saturated rings. The van der Waals surface area contributed by atoms with Crippen molar-refractivity contribution in [1.82, 2.24) is 0 Å². The number of ether oxygens (including phenoxy) is 1. The van der Waals surface area contributed by atoms with Crippen LogP contribution in [-0.4, -0.2) is 25.5 Å². The lowest BCUT2D eigenvalue weighted by molar-refractivity contribution is -0.121. The molecular formula is C6H13NO2. The third-order valence-electron chi connectivity index (χ3n) is 1.11. The number of methoxy groups -OCH3 is 1. The molecule has 0 aliphatic carbocycles. The number of rotatable bonds is 4. The Morgan fingerprint density at radius 1 is 1.78 bits per heavy atom. The van der Waals surface area contributed by atoms with Gasteiger partial charge in [0.1, 0.15) is 0 Å². The number of hydrogen-bond donors (Lipinski definition) is 1. The fourth-order valence-electron chi connectivity index (χ4n) is 0.535. The molecule has 9 heavy (non-hydrogen) atoms. The Morgan fingerprint density at radius 2 is 2.33 bits per heavy atom. The first-order valence-electron chi connectivity index (χ1n) is 2.99. The van der Waals surface area contributed by atoms with E-state index in [4.69, 9.17) is 5.73 Å². The van der Waals surface area contributed by atoms with Gasteiger partial charge in [-0.2, -0.15) is 0 Å². The smallest absolute Gasteiger partial charge is 0.151 e. The lowest BCUT2D eigenvalue weighted by Crippen LogP contribution is -2.34. The summed E-state index contributed by atoms with van der Waals surface area (Å²) in [6.07, 6.45) is 0.491. The first kappa shape index (κ1) is 8.59. The number of nitrogens with two attached hydrogens (primary N) is 1. The molecule has 0 aromatic carbocycles. The molecule has 0 aliphatic heterocycles. The van der Waals surface area contributed by atoms with Crippen molar-refractivity contribution in [3.05, 3.63) is 0 Å². The SMILES string of the molecule is CCC(=O)C(N)COC. The zero-order valence-electron chi connectivity index (χ0n) is 5.89. The summed E-state index contributed by atoms with van der Waals surface area (Å²) in [5.74, 6) is 0.0526. The topological polar surface area (TPSA) is 52.3 Å². The Bertz CT molecular complexity index is 93.1. The van der Waals surface area contributed by atoms with Crippen molar-refractivity contribution in [1.29, 1.82) is 0 Å². The van der Waals surface area contributed by atoms with E-state index in [9.17, 15) is 4.79 Å². The van der Waals surface area contributed by atoms with E-state index in [0.29, 0.717) is 13.0 Å². The number of ketones is 1. The Kier molecular flexibility index (Phi) is 4.26. The van der Waals surface area contributed by atoms with Gasteiger partial charge in [-0.25, -0.2) is 0 Å². The molecule has 0 spiro atoms. The second-order valence-corrected chi connectivity index (χ2v) is 1.88. The van der Waals surface area contributed by atoms with Crippen LogP contribution < -0.4 is 5.73 Å². The highest BCUT2D eigenvalue weighted by Gasteiger charge is 2.08. The van der Waals surface area contributed by atoms with Crippen LogP contribution in [0, 0.1) is 0 Å². The predicted molar refractivity (Wildman–Crippen MR) is 35.1 cm³/mol. The fourth-order valence-corrected chi connectivity index (χ4v) is 0.535. The average Bonchev–Trinajstić information content (AvgIpc) is 1.87. The normalized spacial score (nSPS) is 13.2. The highest BCUT2D eigenvalue weighted by Crippen LogP contribution is 1.87. The van der Waals surface area contributed by atoms with E-state index < -0.39 is 6.04 Å². The molecule has 0 rings (SSSR count). The summed E-state index contributed by atoms with van der Waals surface area (Å²) in [4.78, 5) is 10.7. The van der Waals surface area contributed by atoms with Crippen molar-refractivity contribution in [2.45, 2.75) is 19.4 Å². The highest BCUT2D eigenvalue weighted by molar-refractivity contribution is 5.83. The standard InChI is InChI=1S/C6H13NO2/c1-3-6(8)5(7)4-9-2/h5H,3-4,7H2,1-2H3. The third-order valence-corrected chi connectivity index (χ3v) is 1.11. The van der Waals surface area contributed by atoms with E-state index in [1.807, 2.05) is 0 Å². The third kappa shape index (κ3) is 3.21. The number of Topliss-reactive ketones (excluding diaryl/α,β-unsaturated/α-hetero) is 1. The van der Waals surface area contributed by atoms with Crippen molar-refractivity contribution >= 4 is 5.78 Å². The second kappa shape index (κ2) is 4.47. The first-order chi connectivity index (χ1) is 4.22. The lowest BCUT2D eigenvalue weighted by Gasteiger charge is -2.05. The van der Waals surface area contributed by atoms with E-state index in [2.05, 4.69) is 4.74 Å². The molecule has 0 radical (unpaired) electrons. The van der Waals surface area contributed by atoms with Crippen molar-refractivity contribution in [2.75, 3.05) is 13.7 Å². The largest absolute Gasteiger partial charge is 0.383 e. The summed E-state index contributed by atoms with van der Waals surface area (Å²) in [5.41, 5.74) is 5.36. The summed E-state index contributed by atoms with van der Waals surface area (Å²) >= 11 is 0. The molecule has 2 N–H and O–H groups in total. The van der Waals surface area contributed by atoms with Crippen LogP contribution >= 0.6 is 0 Å². The second-order valence-electron chi connectivity index (χ2n) is 1.88. The van der Waals surface area contributed by atoms with Gasteiger partial charge in [0.2, 0.25) is 0 Å². The van der Waals surface area contributed by atoms with Gasteiger partial charge >= 0.3 is 0 Å². The van der Waals surface area contributed by atoms with Crippen LogP contribution in [0.2, 0.25) is 0 Å². The zero-order chi connectivity index (χ0) is 7.28. The molecule has 0 saturated carbocycles. The number of hydrogen-bond acceptors (Lipinski definition) is 3. The van der Waals surface area contributed by atoms with Crippen LogP contribution in [0.15, 0.2) is 0 Å². The van der Waals surface area contributed by atoms with Gasteiger partial charge in [-0.05, 0) is 0 Å². The van der Waals surface area contributed by atoms with Gasteiger partial charge in [0.25, 0.3) is 0 Å². The minimum atomic E-state index is -0.431. The molecule has 0 aliphatic rings. The van der Waals surface area contributed by atoms with Gasteiger partial charge in [0.05, 0.1) is 12.6 Å². The maximum absolute atomic E-state index is 10.7. The highest BCUT2D eigenvalue weighted by atomic mass is 16.5. The molecule has 1 atom stereocenters. The van der Waals surface area contributed by atoms with Crippen LogP contribution in [0.25, 0.3) is 0 Å². The van der Waals surface area contributed by atoms with Gasteiger partial charge < -0.3 is 10.5 Å². The van der Waals surface area contributed by atoms with E-state index in [1.165, 1.54) is 7.11 Å². The molecule has 0 heterocycles. The molecule has 0 amide bonds. The molecule has 0 aromatic heterocycles. The maximum Gasteiger partial charge on any atom is 0.151 e. The van der Waals surface area contributed by atoms with Crippen LogP contribution in [0.1, 0.15) is 13.3 Å². The van der Waals surface area contributed by atoms with E-state index >= 15 is 0 Å². The molecule has 3 nitrogen and oxygen atoms in total. The average molecular weight is 131 g/mol. The summed E-state index contributed by atoms with van der Waals surface area (Å²) in [6, 6.07) is -0.431. The van der Waals surface area contributed by atoms with Gasteiger partial charge in [0.15, 0.2) is 5.78 Å². The predicted octanol–water partition coefficient (Wildman–Crippen LogP) is -0.0608.